The smallest absolute Gasteiger partial charge is 0.497 e. The van der Waals surface area contributed by atoms with Crippen LogP contribution in [0.2, 0.25) is 0 Å². The molecule has 0 atom stereocenters. The maximum Gasteiger partial charge on any atom is 0.573 e. The van der Waals surface area contributed by atoms with Gasteiger partial charge in [0.25, 0.3) is 0 Å². The monoisotopic (exact) mass is 393 g/mol. The van der Waals surface area contributed by atoms with Gasteiger partial charge in [-0.05, 0) is 29.8 Å². The molecule has 1 N–H and O–H groups in total. The van der Waals surface area contributed by atoms with Crippen molar-refractivity contribution in [1.82, 2.24) is 15.0 Å². The van der Waals surface area contributed by atoms with E-state index in [1.54, 1.807) is 24.3 Å². The molecule has 0 saturated heterocycles. The van der Waals surface area contributed by atoms with Gasteiger partial charge in [-0.15, -0.1) is 18.3 Å². The molecule has 0 saturated carbocycles. The Morgan fingerprint density at radius 3 is 2.46 bits per heavy atom. The Morgan fingerprint density at radius 2 is 1.86 bits per heavy atom. The zero-order chi connectivity index (χ0) is 20.3. The second kappa shape index (κ2) is 7.59. The maximum absolute atomic E-state index is 12.5. The molecule has 0 radical (unpaired) electrons. The number of aromatic nitrogens is 3. The SMILES string of the molecule is COc1ccc(Cn2nnc(C(=O)O)c2-c2cccc(OC(F)(F)F)c2)cc1. The Labute approximate surface area is 156 Å². The zero-order valence-electron chi connectivity index (χ0n) is 14.5. The van der Waals surface area contributed by atoms with Crippen LogP contribution in [-0.4, -0.2) is 39.5 Å². The average Bonchev–Trinajstić information content (AvgIpc) is 3.05. The van der Waals surface area contributed by atoms with E-state index >= 15 is 0 Å². The van der Waals surface area contributed by atoms with Crippen LogP contribution < -0.4 is 9.47 Å². The van der Waals surface area contributed by atoms with Crippen molar-refractivity contribution < 1.29 is 32.5 Å². The number of benzene rings is 2. The second-order valence-electron chi connectivity index (χ2n) is 5.67. The number of alkyl halides is 3. The Kier molecular flexibility index (Phi) is 5.21. The third kappa shape index (κ3) is 4.40. The molecule has 28 heavy (non-hydrogen) atoms. The molecule has 0 aliphatic carbocycles. The minimum absolute atomic E-state index is 0.0657. The number of carbonyl (C=O) groups is 1. The lowest BCUT2D eigenvalue weighted by atomic mass is 10.1. The van der Waals surface area contributed by atoms with E-state index in [9.17, 15) is 23.1 Å². The summed E-state index contributed by atoms with van der Waals surface area (Å²) in [5.41, 5.74) is 0.637. The fraction of sp³-hybridized carbons (Fsp3) is 0.167. The molecular formula is C18H14F3N3O4. The number of nitrogens with zero attached hydrogens (tertiary/aromatic N) is 3. The fourth-order valence-electron chi connectivity index (χ4n) is 2.60. The molecule has 3 aromatic rings. The number of aromatic carboxylic acids is 1. The van der Waals surface area contributed by atoms with E-state index in [0.29, 0.717) is 5.75 Å². The van der Waals surface area contributed by atoms with Crippen molar-refractivity contribution in [2.24, 2.45) is 0 Å². The fourth-order valence-corrected chi connectivity index (χ4v) is 2.60. The maximum atomic E-state index is 12.5. The summed E-state index contributed by atoms with van der Waals surface area (Å²) in [6.07, 6.45) is -4.87. The molecular weight excluding hydrogens is 379 g/mol. The first kappa shape index (κ1) is 19.2. The summed E-state index contributed by atoms with van der Waals surface area (Å²) in [5, 5.41) is 16.9. The topological polar surface area (TPSA) is 86.5 Å². The van der Waals surface area contributed by atoms with Crippen LogP contribution in [0.4, 0.5) is 13.2 Å². The van der Waals surface area contributed by atoms with Crippen LogP contribution in [0.1, 0.15) is 16.1 Å². The number of carboxylic acids is 1. The Balaban J connectivity index is 2.00. The first-order chi connectivity index (χ1) is 13.3. The normalized spacial score (nSPS) is 11.3. The van der Waals surface area contributed by atoms with Gasteiger partial charge in [-0.1, -0.05) is 29.5 Å². The van der Waals surface area contributed by atoms with Crippen LogP contribution in [-0.2, 0) is 6.54 Å². The van der Waals surface area contributed by atoms with Crippen LogP contribution in [0.5, 0.6) is 11.5 Å². The molecule has 0 aliphatic rings. The lowest BCUT2D eigenvalue weighted by molar-refractivity contribution is -0.274. The lowest BCUT2D eigenvalue weighted by Crippen LogP contribution is -2.17. The summed E-state index contributed by atoms with van der Waals surface area (Å²) >= 11 is 0. The summed E-state index contributed by atoms with van der Waals surface area (Å²) in [5.74, 6) is -1.18. The van der Waals surface area contributed by atoms with Crippen molar-refractivity contribution >= 4 is 5.97 Å². The predicted octanol–water partition coefficient (Wildman–Crippen LogP) is 3.60. The number of hydrogen-bond acceptors (Lipinski definition) is 5. The van der Waals surface area contributed by atoms with Crippen molar-refractivity contribution in [2.75, 3.05) is 7.11 Å². The van der Waals surface area contributed by atoms with E-state index < -0.39 is 18.1 Å². The summed E-state index contributed by atoms with van der Waals surface area (Å²) in [4.78, 5) is 11.5. The van der Waals surface area contributed by atoms with Crippen molar-refractivity contribution in [2.45, 2.75) is 12.9 Å². The highest BCUT2D eigenvalue weighted by Gasteiger charge is 2.31. The van der Waals surface area contributed by atoms with Gasteiger partial charge in [0, 0.05) is 5.56 Å². The molecule has 1 heterocycles. The van der Waals surface area contributed by atoms with Gasteiger partial charge in [0.15, 0.2) is 5.69 Å². The van der Waals surface area contributed by atoms with Gasteiger partial charge in [0.1, 0.15) is 17.2 Å². The van der Waals surface area contributed by atoms with E-state index in [2.05, 4.69) is 15.0 Å². The molecule has 0 spiro atoms. The highest BCUT2D eigenvalue weighted by molar-refractivity contribution is 5.92. The molecule has 3 rings (SSSR count). The highest BCUT2D eigenvalue weighted by Crippen LogP contribution is 2.29. The Morgan fingerprint density at radius 1 is 1.14 bits per heavy atom. The van der Waals surface area contributed by atoms with Crippen LogP contribution in [0.3, 0.4) is 0 Å². The van der Waals surface area contributed by atoms with E-state index in [1.807, 2.05) is 0 Å². The standard InChI is InChI=1S/C18H14F3N3O4/c1-27-13-7-5-11(6-8-13)10-24-16(15(17(25)26)22-23-24)12-3-2-4-14(9-12)28-18(19,20)21/h2-9H,10H2,1H3,(H,25,26). The third-order valence-electron chi connectivity index (χ3n) is 3.77. The minimum atomic E-state index is -4.87. The van der Waals surface area contributed by atoms with Gasteiger partial charge < -0.3 is 14.6 Å². The second-order valence-corrected chi connectivity index (χ2v) is 5.67. The average molecular weight is 393 g/mol. The highest BCUT2D eigenvalue weighted by atomic mass is 19.4. The van der Waals surface area contributed by atoms with E-state index in [4.69, 9.17) is 4.74 Å². The van der Waals surface area contributed by atoms with Crippen LogP contribution >= 0.6 is 0 Å². The zero-order valence-corrected chi connectivity index (χ0v) is 14.5. The van der Waals surface area contributed by atoms with Crippen molar-refractivity contribution in [3.63, 3.8) is 0 Å². The van der Waals surface area contributed by atoms with Gasteiger partial charge in [-0.3, -0.25) is 0 Å². The van der Waals surface area contributed by atoms with Crippen molar-refractivity contribution in [3.8, 4) is 22.8 Å². The molecule has 10 heteroatoms. The molecule has 0 bridgehead atoms. The number of hydrogen-bond donors (Lipinski definition) is 1. The first-order valence-corrected chi connectivity index (χ1v) is 7.93. The molecule has 0 amide bonds. The third-order valence-corrected chi connectivity index (χ3v) is 3.77. The minimum Gasteiger partial charge on any atom is -0.497 e. The van der Waals surface area contributed by atoms with Gasteiger partial charge >= 0.3 is 12.3 Å². The molecule has 0 fully saturated rings. The van der Waals surface area contributed by atoms with E-state index in [0.717, 1.165) is 17.7 Å². The summed E-state index contributed by atoms with van der Waals surface area (Å²) in [7, 11) is 1.53. The van der Waals surface area contributed by atoms with Gasteiger partial charge in [-0.2, -0.15) is 0 Å². The number of halogens is 3. The number of carboxylic acid groups (broad SMARTS) is 1. The molecule has 146 valence electrons. The van der Waals surface area contributed by atoms with Gasteiger partial charge in [0.2, 0.25) is 0 Å². The van der Waals surface area contributed by atoms with Gasteiger partial charge in [0.05, 0.1) is 13.7 Å². The molecule has 0 unspecified atom stereocenters. The van der Waals surface area contributed by atoms with E-state index in [1.165, 1.54) is 23.9 Å². The summed E-state index contributed by atoms with van der Waals surface area (Å²) < 4.78 is 47.8. The van der Waals surface area contributed by atoms with Crippen LogP contribution in [0, 0.1) is 0 Å². The molecule has 2 aromatic carbocycles. The molecule has 1 aromatic heterocycles. The Hall–Kier alpha value is -3.56. The van der Waals surface area contributed by atoms with Crippen LogP contribution in [0.15, 0.2) is 48.5 Å². The summed E-state index contributed by atoms with van der Waals surface area (Å²) in [6, 6.07) is 12.0. The predicted molar refractivity (Wildman–Crippen MR) is 91.2 cm³/mol. The lowest BCUT2D eigenvalue weighted by Gasteiger charge is -2.11. The first-order valence-electron chi connectivity index (χ1n) is 7.93. The number of rotatable bonds is 6. The number of methoxy groups -OCH3 is 1. The van der Waals surface area contributed by atoms with E-state index in [-0.39, 0.29) is 23.5 Å². The number of ether oxygens (including phenoxy) is 2. The van der Waals surface area contributed by atoms with Crippen molar-refractivity contribution in [3.05, 3.63) is 59.8 Å². The molecule has 0 aliphatic heterocycles. The summed E-state index contributed by atoms with van der Waals surface area (Å²) in [6.45, 7) is 0.157. The quantitative estimate of drug-likeness (QED) is 0.689. The Bertz CT molecular complexity index is 984. The van der Waals surface area contributed by atoms with Crippen LogP contribution in [0.25, 0.3) is 11.3 Å². The van der Waals surface area contributed by atoms with Gasteiger partial charge in [-0.25, -0.2) is 9.48 Å². The molecule has 7 nitrogen and oxygen atoms in total. The largest absolute Gasteiger partial charge is 0.573 e. The van der Waals surface area contributed by atoms with Crippen molar-refractivity contribution in [1.29, 1.82) is 0 Å².